The van der Waals surface area contributed by atoms with Crippen molar-refractivity contribution in [3.63, 3.8) is 0 Å². The molecule has 4 fully saturated rings. The van der Waals surface area contributed by atoms with Crippen molar-refractivity contribution in [3.05, 3.63) is 41.5 Å². The highest BCUT2D eigenvalue weighted by Gasteiger charge is 2.67. The molecule has 250 valence electrons. The van der Waals surface area contributed by atoms with Crippen molar-refractivity contribution in [2.45, 2.75) is 144 Å². The van der Waals surface area contributed by atoms with Crippen molar-refractivity contribution >= 4 is 0 Å². The normalized spacial score (nSPS) is 41.6. The predicted molar refractivity (Wildman–Crippen MR) is 184 cm³/mol. The molecule has 0 amide bonds. The summed E-state index contributed by atoms with van der Waals surface area (Å²) in [5.74, 6) is 5.69. The van der Waals surface area contributed by atoms with Crippen LogP contribution < -0.4 is 14.2 Å². The van der Waals surface area contributed by atoms with Crippen molar-refractivity contribution < 1.29 is 19.3 Å². The maximum Gasteiger partial charge on any atom is 0.175 e. The van der Waals surface area contributed by atoms with Gasteiger partial charge in [0.1, 0.15) is 28.5 Å². The summed E-state index contributed by atoms with van der Waals surface area (Å²) < 4.78 is 21.3. The second-order valence-electron chi connectivity index (χ2n) is 18.7. The molecule has 0 saturated heterocycles. The number of phenolic OH excluding ortho intramolecular Hbond substituents is 1. The van der Waals surface area contributed by atoms with E-state index in [0.717, 1.165) is 48.5 Å². The zero-order chi connectivity index (χ0) is 32.5. The zero-order valence-electron chi connectivity index (χ0n) is 29.9. The largest absolute Gasteiger partial charge is 0.504 e. The second-order valence-corrected chi connectivity index (χ2v) is 18.7. The van der Waals surface area contributed by atoms with Gasteiger partial charge in [-0.1, -0.05) is 55.4 Å². The van der Waals surface area contributed by atoms with Crippen molar-refractivity contribution in [3.8, 4) is 28.7 Å². The molecule has 8 unspecified atom stereocenters. The maximum atomic E-state index is 11.3. The van der Waals surface area contributed by atoms with Crippen LogP contribution in [0, 0.1) is 45.3 Å². The first-order chi connectivity index (χ1) is 21.7. The molecular formula is C42H58O4. The molecule has 2 heterocycles. The average molecular weight is 627 g/mol. The summed E-state index contributed by atoms with van der Waals surface area (Å²) >= 11 is 0. The van der Waals surface area contributed by atoms with Gasteiger partial charge in [-0.05, 0) is 136 Å². The quantitative estimate of drug-likeness (QED) is 0.360. The van der Waals surface area contributed by atoms with Crippen LogP contribution in [0.2, 0.25) is 0 Å². The highest BCUT2D eigenvalue weighted by atomic mass is 16.5. The number of aromatic hydroxyl groups is 1. The van der Waals surface area contributed by atoms with E-state index < -0.39 is 0 Å². The van der Waals surface area contributed by atoms with E-state index in [0.29, 0.717) is 34.8 Å². The fourth-order valence-corrected chi connectivity index (χ4v) is 12.7. The summed E-state index contributed by atoms with van der Waals surface area (Å²) in [4.78, 5) is 0. The van der Waals surface area contributed by atoms with Crippen LogP contribution in [-0.2, 0) is 12.8 Å². The van der Waals surface area contributed by atoms with Crippen LogP contribution in [0.5, 0.6) is 28.7 Å². The van der Waals surface area contributed by atoms with Crippen LogP contribution in [0.1, 0.15) is 131 Å². The van der Waals surface area contributed by atoms with E-state index in [4.69, 9.17) is 14.2 Å². The molecule has 1 N–H and O–H groups in total. The standard InChI is InChI=1S/C42H58O4/c1-26-11-17-34-37(3,4)19-9-21-41(34)39(26,7)24-28-23-29(13-15-32(28)45-41)44-36-30-25-40(8)27(2)12-18-35-38(5,6)20-10-22-42(35,40)46-33(30)16-14-31(36)43/h13-16,23,26-27,34-35,43H,9-12,17-22,24-25H2,1-8H3. The molecule has 0 radical (unpaired) electrons. The van der Waals surface area contributed by atoms with Crippen LogP contribution >= 0.6 is 0 Å². The number of phenols is 1. The molecule has 4 nitrogen and oxygen atoms in total. The van der Waals surface area contributed by atoms with Gasteiger partial charge < -0.3 is 19.3 Å². The predicted octanol–water partition coefficient (Wildman–Crippen LogP) is 11.1. The summed E-state index contributed by atoms with van der Waals surface area (Å²) in [6.07, 6.45) is 14.1. The van der Waals surface area contributed by atoms with Crippen LogP contribution in [0.3, 0.4) is 0 Å². The molecule has 4 heteroatoms. The zero-order valence-corrected chi connectivity index (χ0v) is 29.9. The number of rotatable bonds is 2. The van der Waals surface area contributed by atoms with Crippen LogP contribution in [0.15, 0.2) is 30.3 Å². The number of hydrogen-bond donors (Lipinski definition) is 1. The molecule has 2 aliphatic heterocycles. The molecule has 0 bridgehead atoms. The minimum atomic E-state index is -0.176. The fraction of sp³-hybridized carbons (Fsp3) is 0.714. The Morgan fingerprint density at radius 2 is 1.22 bits per heavy atom. The highest BCUT2D eigenvalue weighted by Crippen LogP contribution is 2.68. The Morgan fingerprint density at radius 1 is 0.674 bits per heavy atom. The van der Waals surface area contributed by atoms with E-state index in [9.17, 15) is 5.11 Å². The molecular weight excluding hydrogens is 568 g/mol. The summed E-state index contributed by atoms with van der Waals surface area (Å²) in [6.45, 7) is 19.8. The Kier molecular flexibility index (Phi) is 6.62. The van der Waals surface area contributed by atoms with E-state index in [2.05, 4.69) is 73.6 Å². The Hall–Kier alpha value is -2.36. The van der Waals surface area contributed by atoms with Gasteiger partial charge in [0, 0.05) is 28.2 Å². The van der Waals surface area contributed by atoms with E-state index in [1.807, 2.05) is 6.07 Å². The average Bonchev–Trinajstić information content (AvgIpc) is 2.98. The number of fused-ring (bicyclic) bond motifs is 2. The lowest BCUT2D eigenvalue weighted by atomic mass is 9.44. The molecule has 6 aliphatic rings. The third kappa shape index (κ3) is 3.97. The minimum Gasteiger partial charge on any atom is -0.504 e. The topological polar surface area (TPSA) is 47.9 Å². The Bertz CT molecular complexity index is 1560. The maximum absolute atomic E-state index is 11.3. The molecule has 2 spiro atoms. The Balaban J connectivity index is 1.15. The van der Waals surface area contributed by atoms with E-state index in [-0.39, 0.29) is 33.2 Å². The van der Waals surface area contributed by atoms with Crippen LogP contribution in [-0.4, -0.2) is 16.3 Å². The summed E-state index contributed by atoms with van der Waals surface area (Å²) in [7, 11) is 0. The first kappa shape index (κ1) is 30.9. The van der Waals surface area contributed by atoms with E-state index in [1.54, 1.807) is 6.07 Å². The number of hydrogen-bond acceptors (Lipinski definition) is 4. The first-order valence-corrected chi connectivity index (χ1v) is 18.7. The van der Waals surface area contributed by atoms with Gasteiger partial charge in [0.25, 0.3) is 0 Å². The lowest BCUT2D eigenvalue weighted by Gasteiger charge is -2.66. The first-order valence-electron chi connectivity index (χ1n) is 18.7. The Labute approximate surface area is 278 Å². The molecule has 8 rings (SSSR count). The SMILES string of the molecule is CC1CCC2C(C)(C)CCCC23Oc2ccc(Oc4c(O)ccc5c4CC4(C)C(C)CCC6C(C)(C)CCCC64O5)cc2CC13C. The third-order valence-electron chi connectivity index (χ3n) is 15.8. The Morgan fingerprint density at radius 3 is 1.83 bits per heavy atom. The molecule has 8 atom stereocenters. The van der Waals surface area contributed by atoms with Gasteiger partial charge in [-0.3, -0.25) is 0 Å². The summed E-state index contributed by atoms with van der Waals surface area (Å²) in [5.41, 5.74) is 2.58. The number of ether oxygens (including phenoxy) is 3. The number of benzene rings is 2. The summed E-state index contributed by atoms with van der Waals surface area (Å²) in [6, 6.07) is 10.2. The molecule has 4 saturated carbocycles. The van der Waals surface area contributed by atoms with Gasteiger partial charge in [-0.2, -0.15) is 0 Å². The van der Waals surface area contributed by atoms with Crippen LogP contribution in [0.25, 0.3) is 0 Å². The van der Waals surface area contributed by atoms with Crippen molar-refractivity contribution in [2.24, 2.45) is 45.3 Å². The lowest BCUT2D eigenvalue weighted by Crippen LogP contribution is -2.68. The van der Waals surface area contributed by atoms with Gasteiger partial charge in [-0.15, -0.1) is 0 Å². The summed E-state index contributed by atoms with van der Waals surface area (Å²) in [5, 5.41) is 11.3. The van der Waals surface area contributed by atoms with Gasteiger partial charge in [0.2, 0.25) is 0 Å². The van der Waals surface area contributed by atoms with Crippen molar-refractivity contribution in [1.82, 2.24) is 0 Å². The van der Waals surface area contributed by atoms with Crippen molar-refractivity contribution in [1.29, 1.82) is 0 Å². The van der Waals surface area contributed by atoms with E-state index >= 15 is 0 Å². The minimum absolute atomic E-state index is 0.0272. The van der Waals surface area contributed by atoms with Crippen LogP contribution in [0.4, 0.5) is 0 Å². The molecule has 2 aromatic rings. The van der Waals surface area contributed by atoms with Crippen molar-refractivity contribution in [2.75, 3.05) is 0 Å². The smallest absolute Gasteiger partial charge is 0.175 e. The van der Waals surface area contributed by atoms with Gasteiger partial charge in [-0.25, -0.2) is 0 Å². The molecule has 4 aliphatic carbocycles. The second kappa shape index (κ2) is 9.85. The van der Waals surface area contributed by atoms with Gasteiger partial charge >= 0.3 is 0 Å². The van der Waals surface area contributed by atoms with E-state index in [1.165, 1.54) is 56.9 Å². The molecule has 2 aromatic carbocycles. The fourth-order valence-electron chi connectivity index (χ4n) is 12.7. The lowest BCUT2D eigenvalue weighted by molar-refractivity contribution is -0.210. The van der Waals surface area contributed by atoms with Gasteiger partial charge in [0.05, 0.1) is 0 Å². The third-order valence-corrected chi connectivity index (χ3v) is 15.8. The monoisotopic (exact) mass is 626 g/mol. The highest BCUT2D eigenvalue weighted by molar-refractivity contribution is 5.58. The van der Waals surface area contributed by atoms with Gasteiger partial charge in [0.15, 0.2) is 11.5 Å². The molecule has 0 aromatic heterocycles. The molecule has 46 heavy (non-hydrogen) atoms.